The fraction of sp³-hybridized carbons (Fsp3) is 0.143. The van der Waals surface area contributed by atoms with E-state index in [-0.39, 0.29) is 11.4 Å². The number of hydrogen-bond acceptors (Lipinski definition) is 8. The molecule has 164 valence electrons. The van der Waals surface area contributed by atoms with E-state index in [0.717, 1.165) is 48.5 Å². The first-order valence-electron chi connectivity index (χ1n) is 7.24. The molecule has 0 aliphatic rings. The first kappa shape index (κ1) is 23.4. The molecule has 0 spiro atoms. The highest BCUT2D eigenvalue weighted by Gasteiger charge is 2.49. The molecule has 2 rings (SSSR count). The Morgan fingerprint density at radius 2 is 0.833 bits per heavy atom. The van der Waals surface area contributed by atoms with Crippen molar-refractivity contribution in [2.75, 3.05) is 0 Å². The first-order chi connectivity index (χ1) is 13.6. The van der Waals surface area contributed by atoms with Gasteiger partial charge in [0.1, 0.15) is 11.5 Å². The van der Waals surface area contributed by atoms with Crippen molar-refractivity contribution in [3.05, 3.63) is 48.5 Å². The predicted octanol–water partition coefficient (Wildman–Crippen LogP) is 4.56. The Hall–Kier alpha value is -2.88. The SMILES string of the molecule is O=S(=O)(Oc1ccc(N=Nc2ccc(OS(=O)(=O)C(F)(F)F)cc2)cc1)C(F)(F)F. The highest BCUT2D eigenvalue weighted by Crippen LogP contribution is 2.30. The third kappa shape index (κ3) is 5.82. The van der Waals surface area contributed by atoms with Crippen LogP contribution in [-0.4, -0.2) is 27.9 Å². The van der Waals surface area contributed by atoms with E-state index < -0.39 is 42.8 Å². The summed E-state index contributed by atoms with van der Waals surface area (Å²) in [6.45, 7) is 0. The van der Waals surface area contributed by atoms with E-state index in [4.69, 9.17) is 0 Å². The quantitative estimate of drug-likeness (QED) is 0.261. The molecule has 0 fully saturated rings. The lowest BCUT2D eigenvalue weighted by Crippen LogP contribution is -2.27. The molecule has 2 aromatic rings. The molecule has 0 aliphatic heterocycles. The molecule has 0 aliphatic carbocycles. The molecule has 2 aromatic carbocycles. The van der Waals surface area contributed by atoms with E-state index in [0.29, 0.717) is 0 Å². The molecule has 30 heavy (non-hydrogen) atoms. The average molecular weight is 478 g/mol. The summed E-state index contributed by atoms with van der Waals surface area (Å²) in [4.78, 5) is 0. The summed E-state index contributed by atoms with van der Waals surface area (Å²) in [5.74, 6) is -1.25. The Balaban J connectivity index is 2.06. The molecule has 0 atom stereocenters. The Morgan fingerprint density at radius 1 is 0.567 bits per heavy atom. The maximum absolute atomic E-state index is 12.2. The van der Waals surface area contributed by atoms with Gasteiger partial charge in [0.25, 0.3) is 0 Å². The molecule has 8 nitrogen and oxygen atoms in total. The van der Waals surface area contributed by atoms with E-state index in [1.165, 1.54) is 0 Å². The van der Waals surface area contributed by atoms with Crippen molar-refractivity contribution in [3.8, 4) is 11.5 Å². The van der Waals surface area contributed by atoms with Gasteiger partial charge in [-0.15, -0.1) is 0 Å². The van der Waals surface area contributed by atoms with Crippen LogP contribution >= 0.6 is 0 Å². The van der Waals surface area contributed by atoms with Crippen molar-refractivity contribution < 1.29 is 51.5 Å². The van der Waals surface area contributed by atoms with E-state index in [1.54, 1.807) is 0 Å². The third-order valence-corrected chi connectivity index (χ3v) is 4.89. The second kappa shape index (κ2) is 8.10. The number of azo groups is 1. The molecule has 0 bridgehead atoms. The molecular formula is C14H8F6N2O6S2. The van der Waals surface area contributed by atoms with Crippen LogP contribution in [0, 0.1) is 0 Å². The van der Waals surface area contributed by atoms with E-state index in [1.807, 2.05) is 0 Å². The van der Waals surface area contributed by atoms with Crippen LogP contribution in [-0.2, 0) is 20.2 Å². The van der Waals surface area contributed by atoms with Crippen LogP contribution in [0.2, 0.25) is 0 Å². The largest absolute Gasteiger partial charge is 0.534 e. The van der Waals surface area contributed by atoms with Gasteiger partial charge >= 0.3 is 31.3 Å². The van der Waals surface area contributed by atoms with Crippen LogP contribution in [0.15, 0.2) is 58.8 Å². The summed E-state index contributed by atoms with van der Waals surface area (Å²) in [6.07, 6.45) is 0. The molecule has 0 unspecified atom stereocenters. The van der Waals surface area contributed by atoms with Gasteiger partial charge in [-0.2, -0.15) is 53.4 Å². The number of hydrogen-bond donors (Lipinski definition) is 0. The highest BCUT2D eigenvalue weighted by molar-refractivity contribution is 7.88. The van der Waals surface area contributed by atoms with Crippen LogP contribution in [0.4, 0.5) is 37.7 Å². The zero-order valence-electron chi connectivity index (χ0n) is 14.0. The zero-order chi connectivity index (χ0) is 22.8. The second-order valence-electron chi connectivity index (χ2n) is 5.15. The van der Waals surface area contributed by atoms with Crippen molar-refractivity contribution >= 4 is 31.6 Å². The van der Waals surface area contributed by atoms with Gasteiger partial charge in [0.05, 0.1) is 11.4 Å². The standard InChI is InChI=1S/C14H8F6N2O6S2/c15-13(16,17)29(23,24)27-11-5-1-9(2-6-11)21-22-10-3-7-12(8-4-10)28-30(25,26)14(18,19)20/h1-8H. The Bertz CT molecular complexity index is 1030. The highest BCUT2D eigenvalue weighted by atomic mass is 32.2. The van der Waals surface area contributed by atoms with Gasteiger partial charge in [0.15, 0.2) is 0 Å². The average Bonchev–Trinajstić information content (AvgIpc) is 2.60. The van der Waals surface area contributed by atoms with E-state index in [9.17, 15) is 43.2 Å². The fourth-order valence-corrected chi connectivity index (χ4v) is 2.52. The van der Waals surface area contributed by atoms with Crippen molar-refractivity contribution in [2.45, 2.75) is 11.0 Å². The van der Waals surface area contributed by atoms with Crippen molar-refractivity contribution in [1.82, 2.24) is 0 Å². The normalized spacial score (nSPS) is 13.4. The topological polar surface area (TPSA) is 111 Å². The third-order valence-electron chi connectivity index (χ3n) is 2.93. The molecule has 0 N–H and O–H groups in total. The number of nitrogens with zero attached hydrogens (tertiary/aromatic N) is 2. The Morgan fingerprint density at radius 3 is 1.07 bits per heavy atom. The van der Waals surface area contributed by atoms with Crippen LogP contribution in [0.3, 0.4) is 0 Å². The lowest BCUT2D eigenvalue weighted by atomic mass is 10.3. The number of benzene rings is 2. The van der Waals surface area contributed by atoms with Crippen molar-refractivity contribution in [2.24, 2.45) is 10.2 Å². The van der Waals surface area contributed by atoms with Crippen molar-refractivity contribution in [3.63, 3.8) is 0 Å². The fourth-order valence-electron chi connectivity index (χ4n) is 1.60. The molecule has 0 amide bonds. The number of rotatable bonds is 6. The van der Waals surface area contributed by atoms with Crippen LogP contribution < -0.4 is 8.37 Å². The summed E-state index contributed by atoms with van der Waals surface area (Å²) in [7, 11) is -11.6. The minimum atomic E-state index is -5.82. The smallest absolute Gasteiger partial charge is 0.376 e. The summed E-state index contributed by atoms with van der Waals surface area (Å²) >= 11 is 0. The Labute approximate surface area is 165 Å². The molecule has 0 radical (unpaired) electrons. The molecule has 0 heterocycles. The molecular weight excluding hydrogens is 470 g/mol. The van der Waals surface area contributed by atoms with Gasteiger partial charge in [-0.3, -0.25) is 0 Å². The molecule has 0 aromatic heterocycles. The van der Waals surface area contributed by atoms with Crippen LogP contribution in [0.1, 0.15) is 0 Å². The summed E-state index contributed by atoms with van der Waals surface area (Å²) in [6, 6.07) is 7.87. The minimum Gasteiger partial charge on any atom is -0.376 e. The molecule has 0 saturated carbocycles. The van der Waals surface area contributed by atoms with Gasteiger partial charge in [-0.05, 0) is 48.5 Å². The van der Waals surface area contributed by atoms with Gasteiger partial charge in [0.2, 0.25) is 0 Å². The van der Waals surface area contributed by atoms with Gasteiger partial charge < -0.3 is 8.37 Å². The van der Waals surface area contributed by atoms with Crippen LogP contribution in [0.5, 0.6) is 11.5 Å². The Kier molecular flexibility index (Phi) is 6.31. The lowest BCUT2D eigenvalue weighted by Gasteiger charge is -2.09. The first-order valence-corrected chi connectivity index (χ1v) is 10.1. The minimum absolute atomic E-state index is 0.0618. The van der Waals surface area contributed by atoms with Gasteiger partial charge in [-0.1, -0.05) is 0 Å². The van der Waals surface area contributed by atoms with Gasteiger partial charge in [-0.25, -0.2) is 0 Å². The van der Waals surface area contributed by atoms with Gasteiger partial charge in [0, 0.05) is 0 Å². The summed E-state index contributed by atoms with van der Waals surface area (Å²) < 4.78 is 125. The van der Waals surface area contributed by atoms with Crippen LogP contribution in [0.25, 0.3) is 0 Å². The lowest BCUT2D eigenvalue weighted by molar-refractivity contribution is -0.0504. The van der Waals surface area contributed by atoms with E-state index >= 15 is 0 Å². The maximum atomic E-state index is 12.2. The number of alkyl halides is 6. The maximum Gasteiger partial charge on any atom is 0.534 e. The van der Waals surface area contributed by atoms with Crippen molar-refractivity contribution in [1.29, 1.82) is 0 Å². The predicted molar refractivity (Wildman–Crippen MR) is 88.3 cm³/mol. The summed E-state index contributed by atoms with van der Waals surface area (Å²) in [5.41, 5.74) is -11.1. The molecule has 0 saturated heterocycles. The number of halogens is 6. The van der Waals surface area contributed by atoms with E-state index in [2.05, 4.69) is 18.6 Å². The summed E-state index contributed by atoms with van der Waals surface area (Å²) in [5, 5.41) is 7.33. The molecule has 16 heteroatoms. The monoisotopic (exact) mass is 478 g/mol. The zero-order valence-corrected chi connectivity index (χ0v) is 15.7. The second-order valence-corrected chi connectivity index (χ2v) is 8.23.